The van der Waals surface area contributed by atoms with Gasteiger partial charge in [0.25, 0.3) is 8.32 Å². The molecule has 100 valence electrons. The van der Waals surface area contributed by atoms with Gasteiger partial charge in [0.2, 0.25) is 0 Å². The quantitative estimate of drug-likeness (QED) is 0.337. The molecule has 2 nitrogen and oxygen atoms in total. The van der Waals surface area contributed by atoms with E-state index in [0.717, 1.165) is 19.2 Å². The fourth-order valence-electron chi connectivity index (χ4n) is 1.18. The van der Waals surface area contributed by atoms with Crippen molar-refractivity contribution >= 4 is 59.8 Å². The number of carbonyl (C=O) groups is 1. The molecule has 0 aliphatic heterocycles. The van der Waals surface area contributed by atoms with Crippen molar-refractivity contribution in [3.63, 3.8) is 0 Å². The van der Waals surface area contributed by atoms with Crippen LogP contribution in [0.1, 0.15) is 31.1 Å². The molecule has 0 amide bonds. The third kappa shape index (κ3) is 3.69. The van der Waals surface area contributed by atoms with Crippen LogP contribution in [-0.4, -0.2) is 14.6 Å². The van der Waals surface area contributed by atoms with Crippen LogP contribution in [0.3, 0.4) is 0 Å². The maximum atomic E-state index is 11.2. The first-order chi connectivity index (χ1) is 8.08. The summed E-state index contributed by atoms with van der Waals surface area (Å²) in [5.41, 5.74) is 0.649. The molecule has 1 aromatic carbocycles. The molecule has 0 aromatic heterocycles. The highest BCUT2D eigenvalue weighted by Gasteiger charge is 2.39. The van der Waals surface area contributed by atoms with Crippen LogP contribution in [0.2, 0.25) is 18.1 Å². The second-order valence-corrected chi connectivity index (χ2v) is 12.9. The van der Waals surface area contributed by atoms with Gasteiger partial charge in [0.1, 0.15) is 5.75 Å². The summed E-state index contributed by atoms with van der Waals surface area (Å²) in [4.78, 5) is 11.2. The molecule has 0 heterocycles. The Labute approximate surface area is 137 Å². The maximum absolute atomic E-state index is 11.2. The van der Waals surface area contributed by atoms with E-state index in [0.29, 0.717) is 5.56 Å². The minimum absolute atomic E-state index is 0.124. The minimum Gasteiger partial charge on any atom is -0.542 e. The van der Waals surface area contributed by atoms with Crippen molar-refractivity contribution in [3.8, 4) is 5.75 Å². The third-order valence-corrected chi connectivity index (χ3v) is 9.08. The van der Waals surface area contributed by atoms with Gasteiger partial charge in [-0.1, -0.05) is 20.8 Å². The highest BCUT2D eigenvalue weighted by Crippen LogP contribution is 2.39. The Hall–Kier alpha value is 0.367. The number of aldehydes is 1. The number of halogens is 2. The SMILES string of the molecule is CC(C)(C)[Si](C)(C)Oc1c(I)cc(I)cc1C=O. The molecule has 0 N–H and O–H groups in total. The summed E-state index contributed by atoms with van der Waals surface area (Å²) in [6, 6.07) is 3.91. The van der Waals surface area contributed by atoms with Gasteiger partial charge in [-0.2, -0.15) is 0 Å². The summed E-state index contributed by atoms with van der Waals surface area (Å²) in [5.74, 6) is 0.748. The molecule has 0 saturated heterocycles. The zero-order valence-corrected chi connectivity index (χ0v) is 16.6. The van der Waals surface area contributed by atoms with Gasteiger partial charge in [0, 0.05) is 3.57 Å². The van der Waals surface area contributed by atoms with Crippen molar-refractivity contribution in [2.45, 2.75) is 38.9 Å². The smallest absolute Gasteiger partial charge is 0.250 e. The standard InChI is InChI=1S/C13H18I2O2Si/c1-13(2,3)18(4,5)17-12-9(8-16)6-10(14)7-11(12)15/h6-8H,1-5H3. The van der Waals surface area contributed by atoms with Crippen LogP contribution in [0.5, 0.6) is 5.75 Å². The average molecular weight is 488 g/mol. The van der Waals surface area contributed by atoms with Gasteiger partial charge in [-0.15, -0.1) is 0 Å². The summed E-state index contributed by atoms with van der Waals surface area (Å²) in [6.07, 6.45) is 0.882. The molecule has 1 aromatic rings. The van der Waals surface area contributed by atoms with E-state index in [9.17, 15) is 4.79 Å². The number of hydrogen-bond donors (Lipinski definition) is 0. The monoisotopic (exact) mass is 488 g/mol. The summed E-state index contributed by atoms with van der Waals surface area (Å²) in [6.45, 7) is 11.0. The van der Waals surface area contributed by atoms with Gasteiger partial charge in [0.15, 0.2) is 6.29 Å². The lowest BCUT2D eigenvalue weighted by molar-refractivity contribution is 0.112. The van der Waals surface area contributed by atoms with E-state index in [-0.39, 0.29) is 5.04 Å². The van der Waals surface area contributed by atoms with Gasteiger partial charge in [-0.05, 0) is 75.4 Å². The predicted octanol–water partition coefficient (Wildman–Crippen LogP) is 5.09. The Balaban J connectivity index is 3.23. The lowest BCUT2D eigenvalue weighted by Gasteiger charge is -2.37. The average Bonchev–Trinajstić information content (AvgIpc) is 2.19. The summed E-state index contributed by atoms with van der Waals surface area (Å²) < 4.78 is 8.33. The first kappa shape index (κ1) is 16.4. The van der Waals surface area contributed by atoms with Crippen molar-refractivity contribution in [1.82, 2.24) is 0 Å². The van der Waals surface area contributed by atoms with Gasteiger partial charge in [-0.25, -0.2) is 0 Å². The molecular weight excluding hydrogens is 470 g/mol. The van der Waals surface area contributed by atoms with Crippen LogP contribution in [0.25, 0.3) is 0 Å². The second-order valence-electron chi connectivity index (χ2n) is 5.79. The van der Waals surface area contributed by atoms with E-state index in [1.807, 2.05) is 12.1 Å². The lowest BCUT2D eigenvalue weighted by Crippen LogP contribution is -2.44. The molecule has 0 aliphatic carbocycles. The Morgan fingerprint density at radius 2 is 1.78 bits per heavy atom. The number of benzene rings is 1. The van der Waals surface area contributed by atoms with E-state index in [1.54, 1.807) is 0 Å². The maximum Gasteiger partial charge on any atom is 0.250 e. The molecule has 0 bridgehead atoms. The normalized spacial score (nSPS) is 12.4. The molecule has 5 heteroatoms. The zero-order chi connectivity index (χ0) is 14.1. The van der Waals surface area contributed by atoms with Crippen LogP contribution in [0, 0.1) is 7.14 Å². The second kappa shape index (κ2) is 5.78. The van der Waals surface area contributed by atoms with Gasteiger partial charge in [-0.3, -0.25) is 4.79 Å². The number of hydrogen-bond acceptors (Lipinski definition) is 2. The fourth-order valence-corrected chi connectivity index (χ4v) is 4.44. The lowest BCUT2D eigenvalue weighted by atomic mass is 10.2. The summed E-state index contributed by atoms with van der Waals surface area (Å²) in [5, 5.41) is 0.124. The summed E-state index contributed by atoms with van der Waals surface area (Å²) >= 11 is 4.45. The molecule has 1 rings (SSSR count). The van der Waals surface area contributed by atoms with Crippen molar-refractivity contribution in [1.29, 1.82) is 0 Å². The Morgan fingerprint density at radius 3 is 2.22 bits per heavy atom. The third-order valence-electron chi connectivity index (χ3n) is 3.33. The van der Waals surface area contributed by atoms with E-state index < -0.39 is 8.32 Å². The molecule has 18 heavy (non-hydrogen) atoms. The molecule has 0 unspecified atom stereocenters. The predicted molar refractivity (Wildman–Crippen MR) is 95.1 cm³/mol. The molecular formula is C13H18I2O2Si. The highest BCUT2D eigenvalue weighted by atomic mass is 127. The van der Waals surface area contributed by atoms with Crippen LogP contribution < -0.4 is 4.43 Å². The van der Waals surface area contributed by atoms with Crippen molar-refractivity contribution < 1.29 is 9.22 Å². The first-order valence-electron chi connectivity index (χ1n) is 5.72. The first-order valence-corrected chi connectivity index (χ1v) is 10.8. The van der Waals surface area contributed by atoms with Gasteiger partial charge in [0.05, 0.1) is 9.13 Å². The number of rotatable bonds is 3. The summed E-state index contributed by atoms with van der Waals surface area (Å²) in [7, 11) is -1.91. The van der Waals surface area contributed by atoms with Crippen LogP contribution in [0.15, 0.2) is 12.1 Å². The minimum atomic E-state index is -1.91. The van der Waals surface area contributed by atoms with E-state index in [1.165, 1.54) is 0 Å². The van der Waals surface area contributed by atoms with E-state index in [2.05, 4.69) is 79.0 Å². The Bertz CT molecular complexity index is 465. The van der Waals surface area contributed by atoms with Crippen molar-refractivity contribution in [2.24, 2.45) is 0 Å². The molecule has 0 spiro atoms. The van der Waals surface area contributed by atoms with Crippen LogP contribution >= 0.6 is 45.2 Å². The fraction of sp³-hybridized carbons (Fsp3) is 0.462. The molecule has 0 atom stereocenters. The van der Waals surface area contributed by atoms with Crippen molar-refractivity contribution in [3.05, 3.63) is 24.8 Å². The van der Waals surface area contributed by atoms with Crippen LogP contribution in [0.4, 0.5) is 0 Å². The van der Waals surface area contributed by atoms with Crippen LogP contribution in [-0.2, 0) is 0 Å². The Kier molecular flexibility index (Phi) is 5.27. The van der Waals surface area contributed by atoms with Crippen molar-refractivity contribution in [2.75, 3.05) is 0 Å². The highest BCUT2D eigenvalue weighted by molar-refractivity contribution is 14.1. The molecule has 0 fully saturated rings. The molecule has 0 aliphatic rings. The zero-order valence-electron chi connectivity index (χ0n) is 11.3. The van der Waals surface area contributed by atoms with E-state index in [4.69, 9.17) is 4.43 Å². The Morgan fingerprint density at radius 1 is 1.22 bits per heavy atom. The van der Waals surface area contributed by atoms with Gasteiger partial charge < -0.3 is 4.43 Å². The topological polar surface area (TPSA) is 26.3 Å². The van der Waals surface area contributed by atoms with E-state index >= 15 is 0 Å². The number of carbonyl (C=O) groups excluding carboxylic acids is 1. The largest absolute Gasteiger partial charge is 0.542 e. The van der Waals surface area contributed by atoms with Gasteiger partial charge >= 0.3 is 0 Å². The molecule has 0 saturated carbocycles. The molecule has 0 radical (unpaired) electrons.